The van der Waals surface area contributed by atoms with Gasteiger partial charge in [-0.3, -0.25) is 9.59 Å². The summed E-state index contributed by atoms with van der Waals surface area (Å²) in [5.74, 6) is -1.33. The number of hydrogen-bond acceptors (Lipinski definition) is 8. The molecular weight excluding hydrogens is 444 g/mol. The zero-order valence-electron chi connectivity index (χ0n) is 17.0. The number of para-hydroxylation sites is 1. The molecule has 0 aliphatic rings. The molecule has 1 N–H and O–H groups in total. The van der Waals surface area contributed by atoms with Gasteiger partial charge < -0.3 is 10.1 Å². The van der Waals surface area contributed by atoms with E-state index in [0.717, 1.165) is 26.6 Å². The van der Waals surface area contributed by atoms with Crippen molar-refractivity contribution in [1.82, 2.24) is 14.1 Å². The summed E-state index contributed by atoms with van der Waals surface area (Å²) in [6, 6.07) is 8.51. The average molecular weight is 465 g/mol. The number of nitrogens with one attached hydrogen (secondary N) is 1. The topological polar surface area (TPSA) is 128 Å². The molecule has 164 valence electrons. The molecule has 0 spiro atoms. The minimum absolute atomic E-state index is 0.0645. The van der Waals surface area contributed by atoms with Gasteiger partial charge >= 0.3 is 5.97 Å². The normalized spacial score (nSPS) is 11.6. The van der Waals surface area contributed by atoms with Gasteiger partial charge in [-0.05, 0) is 19.1 Å². The van der Waals surface area contributed by atoms with Crippen LogP contribution in [-0.4, -0.2) is 60.8 Å². The van der Waals surface area contributed by atoms with E-state index in [9.17, 15) is 22.8 Å². The van der Waals surface area contributed by atoms with Crippen molar-refractivity contribution in [1.29, 1.82) is 0 Å². The first-order valence-corrected chi connectivity index (χ1v) is 11.8. The van der Waals surface area contributed by atoms with Crippen molar-refractivity contribution in [3.63, 3.8) is 0 Å². The Morgan fingerprint density at radius 2 is 1.94 bits per heavy atom. The van der Waals surface area contributed by atoms with E-state index in [1.165, 1.54) is 12.4 Å². The number of fused-ring (bicyclic) bond motifs is 1. The first kappa shape index (κ1) is 22.6. The van der Waals surface area contributed by atoms with Crippen LogP contribution in [0.4, 0.5) is 5.00 Å². The zero-order valence-corrected chi connectivity index (χ0v) is 18.6. The average Bonchev–Trinajstić information content (AvgIpc) is 3.12. The summed E-state index contributed by atoms with van der Waals surface area (Å²) in [6.45, 7) is 1.35. The van der Waals surface area contributed by atoms with Crippen LogP contribution >= 0.6 is 11.3 Å². The molecule has 31 heavy (non-hydrogen) atoms. The number of hydrogen-bond donors (Lipinski definition) is 1. The van der Waals surface area contributed by atoms with Gasteiger partial charge in [-0.1, -0.05) is 18.2 Å². The molecule has 0 atom stereocenters. The Bertz CT molecular complexity index is 1300. The second-order valence-corrected chi connectivity index (χ2v) is 9.51. The highest BCUT2D eigenvalue weighted by Crippen LogP contribution is 2.30. The third-order valence-electron chi connectivity index (χ3n) is 4.31. The van der Waals surface area contributed by atoms with Crippen LogP contribution < -0.4 is 10.9 Å². The van der Waals surface area contributed by atoms with Crippen LogP contribution in [0.25, 0.3) is 16.5 Å². The first-order chi connectivity index (χ1) is 14.6. The fourth-order valence-electron chi connectivity index (χ4n) is 2.72. The number of ether oxygens (including phenoxy) is 1. The Hall–Kier alpha value is -3.09. The van der Waals surface area contributed by atoms with E-state index in [1.807, 2.05) is 0 Å². The molecule has 0 radical (unpaired) electrons. The first-order valence-electron chi connectivity index (χ1n) is 9.11. The summed E-state index contributed by atoms with van der Waals surface area (Å²) < 4.78 is 30.1. The second-order valence-electron chi connectivity index (χ2n) is 6.54. The van der Waals surface area contributed by atoms with Crippen molar-refractivity contribution in [2.75, 3.05) is 31.8 Å². The molecule has 10 nitrogen and oxygen atoms in total. The van der Waals surface area contributed by atoms with Crippen molar-refractivity contribution in [3.8, 4) is 5.69 Å². The third-order valence-corrected chi connectivity index (χ3v) is 6.46. The third kappa shape index (κ3) is 4.81. The summed E-state index contributed by atoms with van der Waals surface area (Å²) >= 11 is 1.03. The van der Waals surface area contributed by atoms with Crippen molar-refractivity contribution >= 4 is 49.0 Å². The molecule has 12 heteroatoms. The highest BCUT2D eigenvalue weighted by Gasteiger charge is 2.24. The van der Waals surface area contributed by atoms with Gasteiger partial charge in [-0.2, -0.15) is 14.1 Å². The predicted octanol–water partition coefficient (Wildman–Crippen LogP) is 1.45. The van der Waals surface area contributed by atoms with Crippen LogP contribution in [0.3, 0.4) is 0 Å². The fourth-order valence-corrected chi connectivity index (χ4v) is 4.03. The number of sulfonamides is 1. The van der Waals surface area contributed by atoms with Crippen LogP contribution in [0, 0.1) is 0 Å². The number of likely N-dealkylation sites (N-methyl/N-ethyl adjacent to an activating group) is 1. The number of amides is 1. The number of rotatable bonds is 7. The number of aromatic nitrogens is 2. The number of anilines is 1. The number of carbonyl (C=O) groups excluding carboxylic acids is 2. The lowest BCUT2D eigenvalue weighted by atomic mass is 10.2. The van der Waals surface area contributed by atoms with Gasteiger partial charge in [0.2, 0.25) is 15.9 Å². The maximum Gasteiger partial charge on any atom is 0.359 e. The Morgan fingerprint density at radius 1 is 1.26 bits per heavy atom. The molecule has 0 saturated heterocycles. The number of nitrogens with zero attached hydrogens (tertiary/aromatic N) is 3. The van der Waals surface area contributed by atoms with E-state index in [1.54, 1.807) is 37.3 Å². The molecule has 3 rings (SSSR count). The number of benzene rings is 1. The Balaban J connectivity index is 2.12. The molecule has 2 aromatic heterocycles. The Labute approximate surface area is 182 Å². The number of carbonyl (C=O) groups is 2. The number of thiophene rings is 1. The van der Waals surface area contributed by atoms with Crippen molar-refractivity contribution < 1.29 is 22.7 Å². The molecule has 0 saturated carbocycles. The maximum absolute atomic E-state index is 13.2. The highest BCUT2D eigenvalue weighted by molar-refractivity contribution is 7.88. The molecule has 1 aromatic carbocycles. The molecule has 0 unspecified atom stereocenters. The van der Waals surface area contributed by atoms with E-state index in [0.29, 0.717) is 5.69 Å². The molecule has 2 heterocycles. The molecule has 0 aliphatic heterocycles. The lowest BCUT2D eigenvalue weighted by Gasteiger charge is -2.13. The van der Waals surface area contributed by atoms with Gasteiger partial charge in [0, 0.05) is 17.8 Å². The molecule has 0 aliphatic carbocycles. The van der Waals surface area contributed by atoms with Crippen LogP contribution in [0.1, 0.15) is 17.4 Å². The van der Waals surface area contributed by atoms with Crippen molar-refractivity contribution in [3.05, 3.63) is 51.8 Å². The maximum atomic E-state index is 13.2. The quantitative estimate of drug-likeness (QED) is 0.524. The molecule has 0 bridgehead atoms. The monoisotopic (exact) mass is 464 g/mol. The van der Waals surface area contributed by atoms with E-state index >= 15 is 0 Å². The SMILES string of the molecule is CCOC(=O)c1nn(-c2ccccc2)c(=O)c2c(NC(=O)CN(C)S(C)(=O)=O)scc12. The fraction of sp³-hybridized carbons (Fsp3) is 0.263. The van der Waals surface area contributed by atoms with Crippen LogP contribution in [-0.2, 0) is 19.6 Å². The van der Waals surface area contributed by atoms with E-state index < -0.39 is 34.0 Å². The minimum Gasteiger partial charge on any atom is -0.461 e. The van der Waals surface area contributed by atoms with Gasteiger partial charge in [0.15, 0.2) is 5.69 Å². The summed E-state index contributed by atoms with van der Waals surface area (Å²) in [4.78, 5) is 38.1. The largest absolute Gasteiger partial charge is 0.461 e. The molecule has 1 amide bonds. The Morgan fingerprint density at radius 3 is 2.55 bits per heavy atom. The Kier molecular flexibility index (Phi) is 6.53. The van der Waals surface area contributed by atoms with Crippen LogP contribution in [0.15, 0.2) is 40.5 Å². The number of esters is 1. The summed E-state index contributed by atoms with van der Waals surface area (Å²) in [7, 11) is -2.29. The minimum atomic E-state index is -3.56. The van der Waals surface area contributed by atoms with E-state index in [2.05, 4.69) is 10.4 Å². The lowest BCUT2D eigenvalue weighted by molar-refractivity contribution is -0.116. The zero-order chi connectivity index (χ0) is 22.8. The molecule has 0 fully saturated rings. The second kappa shape index (κ2) is 8.96. The van der Waals surface area contributed by atoms with Crippen LogP contribution in [0.2, 0.25) is 0 Å². The smallest absolute Gasteiger partial charge is 0.359 e. The van der Waals surface area contributed by atoms with Crippen molar-refractivity contribution in [2.24, 2.45) is 0 Å². The highest BCUT2D eigenvalue weighted by atomic mass is 32.2. The van der Waals surface area contributed by atoms with Gasteiger partial charge in [-0.15, -0.1) is 11.3 Å². The molecular formula is C19H20N4O6S2. The summed E-state index contributed by atoms with van der Waals surface area (Å²) in [5, 5.41) is 8.81. The van der Waals surface area contributed by atoms with E-state index in [-0.39, 0.29) is 28.1 Å². The predicted molar refractivity (Wildman–Crippen MR) is 117 cm³/mol. The van der Waals surface area contributed by atoms with Gasteiger partial charge in [-0.25, -0.2) is 13.2 Å². The van der Waals surface area contributed by atoms with Crippen LogP contribution in [0.5, 0.6) is 0 Å². The van der Waals surface area contributed by atoms with Gasteiger partial charge in [0.1, 0.15) is 5.00 Å². The van der Waals surface area contributed by atoms with Gasteiger partial charge in [0.05, 0.1) is 30.5 Å². The van der Waals surface area contributed by atoms with E-state index in [4.69, 9.17) is 4.74 Å². The van der Waals surface area contributed by atoms with Gasteiger partial charge in [0.25, 0.3) is 5.56 Å². The summed E-state index contributed by atoms with van der Waals surface area (Å²) in [5.41, 5.74) is -0.173. The lowest BCUT2D eigenvalue weighted by Crippen LogP contribution is -2.34. The standard InChI is InChI=1S/C19H20N4O6S2/c1-4-29-19(26)16-13-11-30-17(20-14(24)10-22(2)31(3,27)28)15(13)18(25)23(21-16)12-8-6-5-7-9-12/h5-9,11H,4,10H2,1-3H3,(H,20,24). The molecule has 3 aromatic rings. The summed E-state index contributed by atoms with van der Waals surface area (Å²) in [6.07, 6.45) is 0.983. The van der Waals surface area contributed by atoms with Crippen molar-refractivity contribution in [2.45, 2.75) is 6.92 Å².